The lowest BCUT2D eigenvalue weighted by atomic mass is 10.0. The summed E-state index contributed by atoms with van der Waals surface area (Å²) in [6, 6.07) is 14.4. The molecule has 0 fully saturated rings. The van der Waals surface area contributed by atoms with Gasteiger partial charge in [0, 0.05) is 37.0 Å². The third-order valence-corrected chi connectivity index (χ3v) is 8.09. The summed E-state index contributed by atoms with van der Waals surface area (Å²) in [5.74, 6) is 0.123. The van der Waals surface area contributed by atoms with E-state index in [4.69, 9.17) is 4.74 Å². The standard InChI is InChI=1S/C29H32FN5O4S/c1-18-22(7-10-26(27(18)30)40(4,37)38)28(36)35-13-14-39-25-9-6-19(15-21(25)17-35)20-5-8-23-24(16-20)33-29(32-23)31-11-12-34(2)3/h5-10,15-16H,11-14,17H2,1-4H3,(H2,31,32,33). The fraction of sp³-hybridized carbons (Fsp3) is 0.310. The van der Waals surface area contributed by atoms with Crippen molar-refractivity contribution in [2.24, 2.45) is 0 Å². The summed E-state index contributed by atoms with van der Waals surface area (Å²) in [6.07, 6.45) is 0.944. The molecule has 2 N–H and O–H groups in total. The first-order valence-corrected chi connectivity index (χ1v) is 14.8. The van der Waals surface area contributed by atoms with E-state index >= 15 is 0 Å². The monoisotopic (exact) mass is 565 g/mol. The van der Waals surface area contributed by atoms with Crippen LogP contribution >= 0.6 is 0 Å². The first kappa shape index (κ1) is 27.6. The molecular weight excluding hydrogens is 533 g/mol. The maximum Gasteiger partial charge on any atom is 0.254 e. The minimum atomic E-state index is -3.75. The van der Waals surface area contributed by atoms with Crippen LogP contribution in [0.1, 0.15) is 21.5 Å². The highest BCUT2D eigenvalue weighted by Crippen LogP contribution is 2.32. The topological polar surface area (TPSA) is 108 Å². The average Bonchev–Trinajstić information content (AvgIpc) is 3.18. The molecule has 3 aromatic carbocycles. The highest BCUT2D eigenvalue weighted by Gasteiger charge is 2.26. The number of H-pyrrole nitrogens is 1. The number of nitrogens with one attached hydrogen (secondary N) is 2. The Morgan fingerprint density at radius 1 is 1.15 bits per heavy atom. The number of carbonyl (C=O) groups excluding carboxylic acids is 1. The van der Waals surface area contributed by atoms with Gasteiger partial charge in [0.2, 0.25) is 5.95 Å². The molecule has 1 aliphatic heterocycles. The van der Waals surface area contributed by atoms with Crippen LogP contribution in [0.4, 0.5) is 10.3 Å². The molecular formula is C29H32FN5O4S. The number of aromatic amines is 1. The van der Waals surface area contributed by atoms with Gasteiger partial charge in [0.1, 0.15) is 23.1 Å². The lowest BCUT2D eigenvalue weighted by Gasteiger charge is -2.21. The number of anilines is 1. The Labute approximate surface area is 232 Å². The van der Waals surface area contributed by atoms with E-state index in [9.17, 15) is 17.6 Å². The van der Waals surface area contributed by atoms with Gasteiger partial charge in [-0.25, -0.2) is 17.8 Å². The Morgan fingerprint density at radius 2 is 1.90 bits per heavy atom. The van der Waals surface area contributed by atoms with Crippen LogP contribution in [0.5, 0.6) is 5.75 Å². The van der Waals surface area contributed by atoms with Gasteiger partial charge in [-0.3, -0.25) is 4.79 Å². The molecule has 0 aliphatic carbocycles. The predicted octanol–water partition coefficient (Wildman–Crippen LogP) is 4.09. The van der Waals surface area contributed by atoms with E-state index in [1.54, 1.807) is 4.90 Å². The smallest absolute Gasteiger partial charge is 0.254 e. The number of sulfone groups is 1. The van der Waals surface area contributed by atoms with Gasteiger partial charge in [-0.1, -0.05) is 12.1 Å². The van der Waals surface area contributed by atoms with Gasteiger partial charge in [0.05, 0.1) is 17.6 Å². The molecule has 9 nitrogen and oxygen atoms in total. The first-order chi connectivity index (χ1) is 19.0. The second kappa shape index (κ2) is 10.9. The molecule has 0 saturated carbocycles. The third-order valence-electron chi connectivity index (χ3n) is 6.98. The minimum Gasteiger partial charge on any atom is -0.491 e. The van der Waals surface area contributed by atoms with Crippen molar-refractivity contribution in [2.45, 2.75) is 18.4 Å². The molecule has 0 saturated heterocycles. The fourth-order valence-electron chi connectivity index (χ4n) is 4.77. The second-order valence-electron chi connectivity index (χ2n) is 10.3. The zero-order valence-corrected chi connectivity index (χ0v) is 23.7. The molecule has 5 rings (SSSR count). The SMILES string of the molecule is Cc1c(C(=O)N2CCOc3ccc(-c4ccc5nc(NCCN(C)C)[nH]c5c4)cc3C2)ccc(S(C)(=O)=O)c1F. The van der Waals surface area contributed by atoms with Crippen LogP contribution in [0.2, 0.25) is 0 Å². The van der Waals surface area contributed by atoms with E-state index < -0.39 is 20.5 Å². The Hall–Kier alpha value is -3.96. The third kappa shape index (κ3) is 5.66. The molecule has 0 bridgehead atoms. The molecule has 4 aromatic rings. The number of hydrogen-bond donors (Lipinski definition) is 2. The van der Waals surface area contributed by atoms with Crippen molar-refractivity contribution in [3.63, 3.8) is 0 Å². The first-order valence-electron chi connectivity index (χ1n) is 12.9. The molecule has 0 spiro atoms. The molecule has 1 aliphatic rings. The second-order valence-corrected chi connectivity index (χ2v) is 12.3. The summed E-state index contributed by atoms with van der Waals surface area (Å²) >= 11 is 0. The molecule has 11 heteroatoms. The molecule has 0 unspecified atom stereocenters. The number of rotatable bonds is 7. The summed E-state index contributed by atoms with van der Waals surface area (Å²) in [7, 11) is 0.289. The van der Waals surface area contributed by atoms with Crippen LogP contribution < -0.4 is 10.1 Å². The van der Waals surface area contributed by atoms with Crippen molar-refractivity contribution in [2.75, 3.05) is 51.9 Å². The van der Waals surface area contributed by atoms with Gasteiger partial charge in [0.25, 0.3) is 5.91 Å². The van der Waals surface area contributed by atoms with Crippen molar-refractivity contribution in [1.82, 2.24) is 19.8 Å². The van der Waals surface area contributed by atoms with Gasteiger partial charge in [-0.15, -0.1) is 0 Å². The number of nitrogens with zero attached hydrogens (tertiary/aromatic N) is 3. The van der Waals surface area contributed by atoms with Crippen LogP contribution in [-0.4, -0.2) is 80.7 Å². The number of hydrogen-bond acceptors (Lipinski definition) is 7. The van der Waals surface area contributed by atoms with Crippen molar-refractivity contribution in [1.29, 1.82) is 0 Å². The van der Waals surface area contributed by atoms with Gasteiger partial charge in [0.15, 0.2) is 9.84 Å². The maximum atomic E-state index is 14.9. The number of benzene rings is 3. The van der Waals surface area contributed by atoms with Crippen LogP contribution in [0.15, 0.2) is 53.4 Å². The summed E-state index contributed by atoms with van der Waals surface area (Å²) in [4.78, 5) is 24.7. The van der Waals surface area contributed by atoms with Crippen molar-refractivity contribution in [3.8, 4) is 16.9 Å². The number of aromatic nitrogens is 2. The molecule has 1 aromatic heterocycles. The van der Waals surface area contributed by atoms with Crippen LogP contribution in [0, 0.1) is 12.7 Å². The minimum absolute atomic E-state index is 0.00972. The number of ether oxygens (including phenoxy) is 1. The summed E-state index contributed by atoms with van der Waals surface area (Å²) in [5.41, 5.74) is 4.66. The molecule has 0 radical (unpaired) electrons. The number of carbonyl (C=O) groups is 1. The molecule has 40 heavy (non-hydrogen) atoms. The normalized spacial score (nSPS) is 13.7. The van der Waals surface area contributed by atoms with E-state index in [0.29, 0.717) is 12.3 Å². The number of halogens is 1. The number of amides is 1. The van der Waals surface area contributed by atoms with E-state index in [0.717, 1.165) is 59.1 Å². The Kier molecular flexibility index (Phi) is 7.52. The predicted molar refractivity (Wildman–Crippen MR) is 153 cm³/mol. The van der Waals surface area contributed by atoms with Gasteiger partial charge in [-0.2, -0.15) is 0 Å². The van der Waals surface area contributed by atoms with Gasteiger partial charge < -0.3 is 24.8 Å². The Morgan fingerprint density at radius 3 is 2.65 bits per heavy atom. The summed E-state index contributed by atoms with van der Waals surface area (Å²) in [6.45, 7) is 3.94. The lowest BCUT2D eigenvalue weighted by molar-refractivity contribution is 0.0731. The van der Waals surface area contributed by atoms with Crippen LogP contribution in [-0.2, 0) is 16.4 Å². The molecule has 210 valence electrons. The average molecular weight is 566 g/mol. The summed E-state index contributed by atoms with van der Waals surface area (Å²) < 4.78 is 44.6. The van der Waals surface area contributed by atoms with Crippen LogP contribution in [0.25, 0.3) is 22.2 Å². The Bertz CT molecular complexity index is 1700. The molecule has 2 heterocycles. The maximum absolute atomic E-state index is 14.9. The van der Waals surface area contributed by atoms with E-state index in [1.807, 2.05) is 50.5 Å². The lowest BCUT2D eigenvalue weighted by Crippen LogP contribution is -2.33. The molecule has 0 atom stereocenters. The highest BCUT2D eigenvalue weighted by atomic mass is 32.2. The zero-order chi connectivity index (χ0) is 28.6. The van der Waals surface area contributed by atoms with Gasteiger partial charge >= 0.3 is 0 Å². The number of likely N-dealkylation sites (N-methyl/N-ethyl adjacent to an activating group) is 1. The molecule has 1 amide bonds. The van der Waals surface area contributed by atoms with Crippen molar-refractivity contribution in [3.05, 3.63) is 71.0 Å². The van der Waals surface area contributed by atoms with E-state index in [-0.39, 0.29) is 30.2 Å². The van der Waals surface area contributed by atoms with E-state index in [1.165, 1.54) is 13.0 Å². The summed E-state index contributed by atoms with van der Waals surface area (Å²) in [5, 5.41) is 3.30. The van der Waals surface area contributed by atoms with Crippen molar-refractivity contribution < 1.29 is 22.3 Å². The van der Waals surface area contributed by atoms with E-state index in [2.05, 4.69) is 20.2 Å². The Balaban J connectivity index is 1.39. The number of fused-ring (bicyclic) bond motifs is 2. The zero-order valence-electron chi connectivity index (χ0n) is 22.9. The quantitative estimate of drug-likeness (QED) is 0.348. The largest absolute Gasteiger partial charge is 0.491 e. The highest BCUT2D eigenvalue weighted by molar-refractivity contribution is 7.90. The van der Waals surface area contributed by atoms with Crippen molar-refractivity contribution >= 4 is 32.7 Å². The van der Waals surface area contributed by atoms with Crippen LogP contribution in [0.3, 0.4) is 0 Å². The fourth-order valence-corrected chi connectivity index (χ4v) is 5.56. The number of imidazole rings is 1. The van der Waals surface area contributed by atoms with Gasteiger partial charge in [-0.05, 0) is 74.1 Å².